The zero-order valence-corrected chi connectivity index (χ0v) is 6.04. The molecule has 1 aromatic rings. The predicted octanol–water partition coefficient (Wildman–Crippen LogP) is 0.871. The second kappa shape index (κ2) is 3.05. The molecule has 1 rings (SSSR count). The molecule has 0 saturated heterocycles. The quantitative estimate of drug-likeness (QED) is 0.432. The van der Waals surface area contributed by atoms with E-state index in [9.17, 15) is 0 Å². The third-order valence-electron chi connectivity index (χ3n) is 1.31. The van der Waals surface area contributed by atoms with Gasteiger partial charge in [0.2, 0.25) is 0 Å². The maximum Gasteiger partial charge on any atom is 0.115 e. The Kier molecular flexibility index (Phi) is 2.11. The maximum absolute atomic E-state index is 9.01. The lowest BCUT2D eigenvalue weighted by Crippen LogP contribution is -2.12. The summed E-state index contributed by atoms with van der Waals surface area (Å²) >= 11 is 0. The molecule has 0 atom stereocenters. The first-order chi connectivity index (χ1) is 5.18. The van der Waals surface area contributed by atoms with Gasteiger partial charge in [0.05, 0.1) is 5.84 Å². The Morgan fingerprint density at radius 3 is 2.82 bits per heavy atom. The fourth-order valence-corrected chi connectivity index (χ4v) is 0.886. The van der Waals surface area contributed by atoms with Gasteiger partial charge in [-0.05, 0) is 17.7 Å². The van der Waals surface area contributed by atoms with Crippen LogP contribution in [0.3, 0.4) is 0 Å². The molecule has 0 aliphatic heterocycles. The molecule has 0 unspecified atom stereocenters. The van der Waals surface area contributed by atoms with E-state index in [1.54, 1.807) is 18.2 Å². The number of phenolic OH excluding ortho intramolecular Hbond substituents is 1. The van der Waals surface area contributed by atoms with Gasteiger partial charge in [-0.1, -0.05) is 12.1 Å². The molecule has 3 heteroatoms. The average Bonchev–Trinajstić information content (AvgIpc) is 1.85. The fourth-order valence-electron chi connectivity index (χ4n) is 0.886. The van der Waals surface area contributed by atoms with Gasteiger partial charge in [0.1, 0.15) is 5.75 Å². The molecule has 3 nitrogen and oxygen atoms in total. The van der Waals surface area contributed by atoms with Crippen LogP contribution in [0.1, 0.15) is 5.56 Å². The van der Waals surface area contributed by atoms with Crippen LogP contribution in [-0.2, 0) is 6.42 Å². The van der Waals surface area contributed by atoms with Crippen molar-refractivity contribution in [3.8, 4) is 5.75 Å². The Balaban J connectivity index is 2.79. The summed E-state index contributed by atoms with van der Waals surface area (Å²) < 4.78 is 0. The van der Waals surface area contributed by atoms with Gasteiger partial charge in [0.15, 0.2) is 0 Å². The summed E-state index contributed by atoms with van der Waals surface area (Å²) in [6.45, 7) is 0. The third kappa shape index (κ3) is 2.29. The van der Waals surface area contributed by atoms with Crippen LogP contribution in [0.25, 0.3) is 0 Å². The van der Waals surface area contributed by atoms with E-state index in [0.29, 0.717) is 6.42 Å². The van der Waals surface area contributed by atoms with Crippen molar-refractivity contribution < 1.29 is 5.11 Å². The maximum atomic E-state index is 9.01. The molecule has 4 N–H and O–H groups in total. The number of hydrogen-bond acceptors (Lipinski definition) is 2. The number of benzene rings is 1. The summed E-state index contributed by atoms with van der Waals surface area (Å²) in [5.41, 5.74) is 6.04. The van der Waals surface area contributed by atoms with Gasteiger partial charge < -0.3 is 10.8 Å². The number of hydrogen-bond donors (Lipinski definition) is 3. The van der Waals surface area contributed by atoms with Crippen molar-refractivity contribution in [2.24, 2.45) is 5.73 Å². The smallest absolute Gasteiger partial charge is 0.115 e. The van der Waals surface area contributed by atoms with Crippen LogP contribution in [0.15, 0.2) is 24.3 Å². The largest absolute Gasteiger partial charge is 0.508 e. The summed E-state index contributed by atoms with van der Waals surface area (Å²) in [6, 6.07) is 6.74. The fraction of sp³-hybridized carbons (Fsp3) is 0.125. The first kappa shape index (κ1) is 7.60. The molecule has 0 bridgehead atoms. The molecule has 0 radical (unpaired) electrons. The number of aromatic hydroxyl groups is 1. The Labute approximate surface area is 65.0 Å². The Hall–Kier alpha value is -1.51. The summed E-state index contributed by atoms with van der Waals surface area (Å²) in [5, 5.41) is 16.0. The molecule has 0 aliphatic rings. The van der Waals surface area contributed by atoms with E-state index in [0.717, 1.165) is 5.56 Å². The monoisotopic (exact) mass is 150 g/mol. The predicted molar refractivity (Wildman–Crippen MR) is 43.7 cm³/mol. The lowest BCUT2D eigenvalue weighted by Gasteiger charge is -1.98. The third-order valence-corrected chi connectivity index (χ3v) is 1.31. The Bertz CT molecular complexity index is 271. The van der Waals surface area contributed by atoms with Gasteiger partial charge in [-0.15, -0.1) is 0 Å². The summed E-state index contributed by atoms with van der Waals surface area (Å²) in [6.07, 6.45) is 0.397. The van der Waals surface area contributed by atoms with E-state index in [1.165, 1.54) is 0 Å². The van der Waals surface area contributed by atoms with Crippen LogP contribution in [0.5, 0.6) is 5.75 Å². The van der Waals surface area contributed by atoms with Crippen molar-refractivity contribution in [3.05, 3.63) is 29.8 Å². The van der Waals surface area contributed by atoms with Crippen molar-refractivity contribution in [2.75, 3.05) is 0 Å². The minimum absolute atomic E-state index is 0.107. The average molecular weight is 150 g/mol. The van der Waals surface area contributed by atoms with E-state index in [4.69, 9.17) is 16.2 Å². The van der Waals surface area contributed by atoms with E-state index < -0.39 is 0 Å². The molecule has 58 valence electrons. The van der Waals surface area contributed by atoms with Crippen LogP contribution in [0.2, 0.25) is 0 Å². The van der Waals surface area contributed by atoms with Crippen molar-refractivity contribution in [1.82, 2.24) is 0 Å². The molecule has 11 heavy (non-hydrogen) atoms. The molecule has 0 saturated carbocycles. The molecule has 1 aromatic carbocycles. The van der Waals surface area contributed by atoms with Crippen LogP contribution in [0, 0.1) is 5.41 Å². The molecule has 0 fully saturated rings. The normalized spacial score (nSPS) is 9.45. The van der Waals surface area contributed by atoms with Gasteiger partial charge >= 0.3 is 0 Å². The highest BCUT2D eigenvalue weighted by Crippen LogP contribution is 2.10. The minimum Gasteiger partial charge on any atom is -0.508 e. The number of phenols is 1. The minimum atomic E-state index is 0.107. The van der Waals surface area contributed by atoms with Crippen molar-refractivity contribution >= 4 is 5.84 Å². The molecule has 0 aliphatic carbocycles. The van der Waals surface area contributed by atoms with Crippen molar-refractivity contribution in [2.45, 2.75) is 6.42 Å². The van der Waals surface area contributed by atoms with Gasteiger partial charge in [0.25, 0.3) is 0 Å². The highest BCUT2D eigenvalue weighted by atomic mass is 16.3. The second-order valence-electron chi connectivity index (χ2n) is 2.37. The number of amidine groups is 1. The lowest BCUT2D eigenvalue weighted by atomic mass is 10.1. The second-order valence-corrected chi connectivity index (χ2v) is 2.37. The molecule has 0 amide bonds. The van der Waals surface area contributed by atoms with E-state index >= 15 is 0 Å². The lowest BCUT2D eigenvalue weighted by molar-refractivity contribution is 0.475. The molecule has 0 aromatic heterocycles. The van der Waals surface area contributed by atoms with Crippen LogP contribution in [-0.4, -0.2) is 10.9 Å². The van der Waals surface area contributed by atoms with Crippen molar-refractivity contribution in [1.29, 1.82) is 5.41 Å². The molecule has 0 spiro atoms. The standard InChI is InChI=1S/C8H10N2O/c9-8(10)5-6-2-1-3-7(11)4-6/h1-4,11H,5H2,(H3,9,10). The van der Waals surface area contributed by atoms with Gasteiger partial charge in [-0.3, -0.25) is 5.41 Å². The van der Waals surface area contributed by atoms with E-state index in [-0.39, 0.29) is 11.6 Å². The number of nitrogens with one attached hydrogen (secondary N) is 1. The molecular formula is C8H10N2O. The first-order valence-corrected chi connectivity index (χ1v) is 3.29. The summed E-state index contributed by atoms with van der Waals surface area (Å²) in [7, 11) is 0. The van der Waals surface area contributed by atoms with Gasteiger partial charge in [-0.2, -0.15) is 0 Å². The van der Waals surface area contributed by atoms with E-state index in [2.05, 4.69) is 0 Å². The highest BCUT2D eigenvalue weighted by molar-refractivity contribution is 5.79. The van der Waals surface area contributed by atoms with Gasteiger partial charge in [-0.25, -0.2) is 0 Å². The Morgan fingerprint density at radius 2 is 2.27 bits per heavy atom. The summed E-state index contributed by atoms with van der Waals surface area (Å²) in [4.78, 5) is 0. The topological polar surface area (TPSA) is 70.1 Å². The zero-order chi connectivity index (χ0) is 8.27. The molecular weight excluding hydrogens is 140 g/mol. The first-order valence-electron chi connectivity index (χ1n) is 3.29. The van der Waals surface area contributed by atoms with Crippen LogP contribution in [0.4, 0.5) is 0 Å². The summed E-state index contributed by atoms with van der Waals surface area (Å²) in [5.74, 6) is 0.319. The van der Waals surface area contributed by atoms with E-state index in [1.807, 2.05) is 6.07 Å². The number of rotatable bonds is 2. The number of nitrogens with two attached hydrogens (primary N) is 1. The van der Waals surface area contributed by atoms with Crippen LogP contribution < -0.4 is 5.73 Å². The molecule has 0 heterocycles. The Morgan fingerprint density at radius 1 is 1.55 bits per heavy atom. The van der Waals surface area contributed by atoms with Gasteiger partial charge in [0, 0.05) is 6.42 Å². The highest BCUT2D eigenvalue weighted by Gasteiger charge is 1.95. The van der Waals surface area contributed by atoms with Crippen molar-refractivity contribution in [3.63, 3.8) is 0 Å². The SMILES string of the molecule is N=C(N)Cc1cccc(O)c1. The zero-order valence-electron chi connectivity index (χ0n) is 6.04. The van der Waals surface area contributed by atoms with Crippen LogP contribution >= 0.6 is 0 Å².